The first-order valence-corrected chi connectivity index (χ1v) is 12.4. The van der Waals surface area contributed by atoms with Crippen LogP contribution in [-0.2, 0) is 19.1 Å². The number of ether oxygens (including phenoxy) is 2. The van der Waals surface area contributed by atoms with Gasteiger partial charge in [0, 0.05) is 0 Å². The number of nitrogens with zero attached hydrogens (tertiary/aromatic N) is 3. The number of carbonyl (C=O) groups is 4. The van der Waals surface area contributed by atoms with Crippen molar-refractivity contribution in [2.45, 2.75) is 19.1 Å². The molecule has 1 fully saturated rings. The Morgan fingerprint density at radius 2 is 1.00 bits per heavy atom. The summed E-state index contributed by atoms with van der Waals surface area (Å²) in [6, 6.07) is 29.7. The molecule has 0 N–H and O–H groups in total. The molecule has 9 nitrogen and oxygen atoms in total. The fourth-order valence-electron chi connectivity index (χ4n) is 4.01. The van der Waals surface area contributed by atoms with Crippen LogP contribution in [0.3, 0.4) is 0 Å². The van der Waals surface area contributed by atoms with E-state index >= 15 is 0 Å². The van der Waals surface area contributed by atoms with E-state index in [9.17, 15) is 19.2 Å². The van der Waals surface area contributed by atoms with E-state index in [2.05, 4.69) is 10.2 Å². The van der Waals surface area contributed by atoms with Gasteiger partial charge in [-0.15, -0.1) is 0 Å². The van der Waals surface area contributed by atoms with Crippen LogP contribution in [0.4, 0.5) is 17.1 Å². The number of azo groups is 1. The summed E-state index contributed by atoms with van der Waals surface area (Å²) in [6.45, 7) is 1.97. The smallest absolute Gasteiger partial charge is 0.339 e. The summed E-state index contributed by atoms with van der Waals surface area (Å²) in [7, 11) is 0. The van der Waals surface area contributed by atoms with Crippen molar-refractivity contribution >= 4 is 40.8 Å². The normalized spacial score (nSPS) is 16.8. The van der Waals surface area contributed by atoms with Crippen molar-refractivity contribution in [3.05, 3.63) is 126 Å². The van der Waals surface area contributed by atoms with Gasteiger partial charge in [0.25, 0.3) is 11.8 Å². The Labute approximate surface area is 229 Å². The largest absolute Gasteiger partial charge is 0.444 e. The Morgan fingerprint density at radius 3 is 1.43 bits per heavy atom. The first-order chi connectivity index (χ1) is 19.4. The lowest BCUT2D eigenvalue weighted by Gasteiger charge is -2.16. The van der Waals surface area contributed by atoms with Crippen LogP contribution < -0.4 is 4.90 Å². The van der Waals surface area contributed by atoms with Crippen LogP contribution in [0.2, 0.25) is 0 Å². The van der Waals surface area contributed by atoms with Crippen molar-refractivity contribution in [1.82, 2.24) is 0 Å². The van der Waals surface area contributed by atoms with Gasteiger partial charge in [0.05, 0.1) is 28.2 Å². The topological polar surface area (TPSA) is 115 Å². The Balaban J connectivity index is 1.39. The minimum atomic E-state index is -1.67. The lowest BCUT2D eigenvalue weighted by Crippen LogP contribution is -2.37. The van der Waals surface area contributed by atoms with Crippen molar-refractivity contribution < 1.29 is 28.7 Å². The van der Waals surface area contributed by atoms with E-state index in [1.807, 2.05) is 31.2 Å². The molecule has 0 aromatic heterocycles. The molecule has 4 aromatic carbocycles. The summed E-state index contributed by atoms with van der Waals surface area (Å²) in [5.41, 5.74) is 2.82. The van der Waals surface area contributed by atoms with Gasteiger partial charge in [-0.05, 0) is 67.6 Å². The van der Waals surface area contributed by atoms with E-state index in [0.29, 0.717) is 11.4 Å². The highest BCUT2D eigenvalue weighted by Crippen LogP contribution is 2.30. The minimum Gasteiger partial charge on any atom is -0.444 e. The van der Waals surface area contributed by atoms with Gasteiger partial charge in [-0.1, -0.05) is 54.1 Å². The molecule has 0 aliphatic carbocycles. The Kier molecular flexibility index (Phi) is 7.54. The van der Waals surface area contributed by atoms with E-state index in [0.717, 1.165) is 10.5 Å². The zero-order valence-corrected chi connectivity index (χ0v) is 21.3. The minimum absolute atomic E-state index is 0.178. The fraction of sp³-hybridized carbons (Fsp3) is 0.0968. The summed E-state index contributed by atoms with van der Waals surface area (Å²) in [4.78, 5) is 53.3. The molecule has 0 unspecified atom stereocenters. The van der Waals surface area contributed by atoms with Gasteiger partial charge >= 0.3 is 11.9 Å². The summed E-state index contributed by atoms with van der Waals surface area (Å²) in [6.07, 6.45) is -3.34. The fourth-order valence-corrected chi connectivity index (χ4v) is 4.01. The molecule has 198 valence electrons. The average Bonchev–Trinajstić information content (AvgIpc) is 3.21. The highest BCUT2D eigenvalue weighted by molar-refractivity contribution is 6.25. The second-order valence-electron chi connectivity index (χ2n) is 8.95. The molecule has 2 amide bonds. The molecule has 2 atom stereocenters. The van der Waals surface area contributed by atoms with Gasteiger partial charge < -0.3 is 9.47 Å². The number of aryl methyl sites for hydroxylation is 1. The predicted octanol–water partition coefficient (Wildman–Crippen LogP) is 5.73. The number of carbonyl (C=O) groups excluding carboxylic acids is 4. The first kappa shape index (κ1) is 26.2. The Bertz CT molecular complexity index is 1500. The summed E-state index contributed by atoms with van der Waals surface area (Å²) in [5.74, 6) is -3.34. The molecule has 40 heavy (non-hydrogen) atoms. The molecule has 5 rings (SSSR count). The third kappa shape index (κ3) is 5.68. The van der Waals surface area contributed by atoms with Crippen LogP contribution in [0.15, 0.2) is 119 Å². The number of rotatable bonds is 7. The highest BCUT2D eigenvalue weighted by atomic mass is 16.6. The van der Waals surface area contributed by atoms with Crippen LogP contribution >= 0.6 is 0 Å². The number of esters is 2. The highest BCUT2D eigenvalue weighted by Gasteiger charge is 2.53. The van der Waals surface area contributed by atoms with Crippen LogP contribution in [0.1, 0.15) is 26.3 Å². The third-order valence-electron chi connectivity index (χ3n) is 6.11. The Hall–Kier alpha value is -5.44. The number of benzene rings is 4. The van der Waals surface area contributed by atoms with Gasteiger partial charge in [0.15, 0.2) is 0 Å². The van der Waals surface area contributed by atoms with Gasteiger partial charge in [-0.3, -0.25) is 9.59 Å². The van der Waals surface area contributed by atoms with E-state index in [1.54, 1.807) is 48.5 Å². The quantitative estimate of drug-likeness (QED) is 0.170. The molecule has 9 heteroatoms. The zero-order chi connectivity index (χ0) is 28.1. The molecule has 0 saturated carbocycles. The second-order valence-corrected chi connectivity index (χ2v) is 8.95. The van der Waals surface area contributed by atoms with Crippen molar-refractivity contribution in [2.75, 3.05) is 4.90 Å². The maximum atomic E-state index is 13.4. The predicted molar refractivity (Wildman–Crippen MR) is 146 cm³/mol. The third-order valence-corrected chi connectivity index (χ3v) is 6.11. The molecule has 1 saturated heterocycles. The van der Waals surface area contributed by atoms with Crippen molar-refractivity contribution in [1.29, 1.82) is 0 Å². The average molecular weight is 534 g/mol. The maximum Gasteiger partial charge on any atom is 0.339 e. The second kappa shape index (κ2) is 11.5. The van der Waals surface area contributed by atoms with E-state index < -0.39 is 36.0 Å². The maximum absolute atomic E-state index is 13.4. The number of anilines is 1. The van der Waals surface area contributed by atoms with Gasteiger partial charge in [-0.25, -0.2) is 14.5 Å². The number of imide groups is 1. The lowest BCUT2D eigenvalue weighted by molar-refractivity contribution is -0.130. The molecule has 1 heterocycles. The van der Waals surface area contributed by atoms with Crippen LogP contribution in [-0.4, -0.2) is 36.0 Å². The summed E-state index contributed by atoms with van der Waals surface area (Å²) < 4.78 is 10.9. The first-order valence-electron chi connectivity index (χ1n) is 12.4. The monoisotopic (exact) mass is 533 g/mol. The molecule has 4 aromatic rings. The molecular formula is C31H23N3O6. The molecule has 1 aliphatic heterocycles. The molecule has 0 radical (unpaired) electrons. The number of amides is 2. The number of hydrogen-bond donors (Lipinski definition) is 0. The van der Waals surface area contributed by atoms with E-state index in [1.165, 1.54) is 36.4 Å². The van der Waals surface area contributed by atoms with E-state index in [-0.39, 0.29) is 16.8 Å². The van der Waals surface area contributed by atoms with Crippen LogP contribution in [0.5, 0.6) is 0 Å². The van der Waals surface area contributed by atoms with Gasteiger partial charge in [0.1, 0.15) is 0 Å². The molecule has 0 spiro atoms. The summed E-state index contributed by atoms with van der Waals surface area (Å²) >= 11 is 0. The standard InChI is InChI=1S/C31H23N3O6/c1-20-12-14-23(15-13-20)32-33-24-16-18-25(19-17-24)34-28(35)26(39-30(37)21-8-4-2-5-9-21)27(29(34)36)40-31(38)22-10-6-3-7-11-22/h2-19,26-27H,1H3/t26-,27+. The van der Waals surface area contributed by atoms with Gasteiger partial charge in [-0.2, -0.15) is 10.2 Å². The van der Waals surface area contributed by atoms with Crippen LogP contribution in [0.25, 0.3) is 0 Å². The SMILES string of the molecule is Cc1ccc(N=Nc2ccc(N3C(=O)[C@@H](OC(=O)c4ccccc4)[C@@H](OC(=O)c4ccccc4)C3=O)cc2)cc1. The molecular weight excluding hydrogens is 510 g/mol. The molecule has 0 bridgehead atoms. The van der Waals surface area contributed by atoms with Crippen LogP contribution in [0, 0.1) is 6.92 Å². The van der Waals surface area contributed by atoms with Crippen molar-refractivity contribution in [3.8, 4) is 0 Å². The Morgan fingerprint density at radius 1 is 0.600 bits per heavy atom. The summed E-state index contributed by atoms with van der Waals surface area (Å²) in [5, 5.41) is 8.37. The van der Waals surface area contributed by atoms with Crippen molar-refractivity contribution in [3.63, 3.8) is 0 Å². The molecule has 1 aliphatic rings. The van der Waals surface area contributed by atoms with E-state index in [4.69, 9.17) is 9.47 Å². The zero-order valence-electron chi connectivity index (χ0n) is 21.3. The van der Waals surface area contributed by atoms with Gasteiger partial charge in [0.2, 0.25) is 12.2 Å². The lowest BCUT2D eigenvalue weighted by atomic mass is 10.2. The van der Waals surface area contributed by atoms with Crippen molar-refractivity contribution in [2.24, 2.45) is 10.2 Å². The number of hydrogen-bond acceptors (Lipinski definition) is 8.